The van der Waals surface area contributed by atoms with Crippen LogP contribution in [-0.4, -0.2) is 51.2 Å². The van der Waals surface area contributed by atoms with Crippen molar-refractivity contribution in [2.24, 2.45) is 7.05 Å². The van der Waals surface area contributed by atoms with Gasteiger partial charge < -0.3 is 9.64 Å². The Kier molecular flexibility index (Phi) is 8.03. The summed E-state index contributed by atoms with van der Waals surface area (Å²) in [5.74, 6) is 0.659. The molecule has 196 valence electrons. The highest BCUT2D eigenvalue weighted by Crippen LogP contribution is 2.35. The number of halogens is 2. The summed E-state index contributed by atoms with van der Waals surface area (Å²) in [5.41, 5.74) is 2.14. The third kappa shape index (κ3) is 5.27. The first-order valence-corrected chi connectivity index (χ1v) is 12.7. The Bertz CT molecular complexity index is 1340. The van der Waals surface area contributed by atoms with Gasteiger partial charge in [0.25, 0.3) is 0 Å². The molecule has 4 rings (SSSR count). The molecular formula is C27H32F2N6O2. The molecule has 1 aliphatic heterocycles. The van der Waals surface area contributed by atoms with Gasteiger partial charge in [0, 0.05) is 38.3 Å². The number of fused-ring (bicyclic) bond motifs is 1. The topological polar surface area (TPSA) is 87.3 Å². The molecule has 0 spiro atoms. The number of aromatic nitrogens is 3. The van der Waals surface area contributed by atoms with Crippen molar-refractivity contribution in [3.63, 3.8) is 0 Å². The standard InChI is InChI=1S/C27H32F2N6O2/c1-5-19-16-35(25-24-23(33(4)27(36)32-25)13-10-18(14-30)31-24)20(6-2)15-34(19)22(7-3)17-8-11-21(12-9-17)37-26(28)29/h8-13,19-20,22,26H,5-7,15-16H2,1-4H3/t19-,20+,22?/m1/s1. The van der Waals surface area contributed by atoms with E-state index < -0.39 is 6.61 Å². The Morgan fingerprint density at radius 3 is 2.35 bits per heavy atom. The summed E-state index contributed by atoms with van der Waals surface area (Å²) in [4.78, 5) is 26.4. The lowest BCUT2D eigenvalue weighted by molar-refractivity contribution is -0.0498. The van der Waals surface area contributed by atoms with Crippen LogP contribution in [0.3, 0.4) is 0 Å². The maximum atomic E-state index is 12.8. The van der Waals surface area contributed by atoms with Gasteiger partial charge in [0.1, 0.15) is 23.0 Å². The van der Waals surface area contributed by atoms with Gasteiger partial charge in [-0.25, -0.2) is 9.78 Å². The number of ether oxygens (including phenoxy) is 1. The van der Waals surface area contributed by atoms with Gasteiger partial charge in [0.15, 0.2) is 5.82 Å². The molecule has 10 heteroatoms. The van der Waals surface area contributed by atoms with Crippen molar-refractivity contribution < 1.29 is 13.5 Å². The molecule has 3 heterocycles. The molecule has 3 aromatic rings. The Labute approximate surface area is 215 Å². The minimum atomic E-state index is -2.85. The Morgan fingerprint density at radius 2 is 1.76 bits per heavy atom. The molecule has 3 atom stereocenters. The van der Waals surface area contributed by atoms with Crippen LogP contribution in [0.5, 0.6) is 5.75 Å². The second kappa shape index (κ2) is 11.2. The summed E-state index contributed by atoms with van der Waals surface area (Å²) in [6, 6.07) is 12.7. The fourth-order valence-electron chi connectivity index (χ4n) is 5.33. The van der Waals surface area contributed by atoms with E-state index in [2.05, 4.69) is 51.3 Å². The van der Waals surface area contributed by atoms with E-state index in [-0.39, 0.29) is 35.3 Å². The lowest BCUT2D eigenvalue weighted by Crippen LogP contribution is -2.59. The van der Waals surface area contributed by atoms with Crippen LogP contribution >= 0.6 is 0 Å². The van der Waals surface area contributed by atoms with E-state index in [1.54, 1.807) is 31.3 Å². The molecule has 0 amide bonds. The molecule has 0 N–H and O–H groups in total. The van der Waals surface area contributed by atoms with Crippen molar-refractivity contribution >= 4 is 16.9 Å². The lowest BCUT2D eigenvalue weighted by Gasteiger charge is -2.49. The number of hydrogen-bond donors (Lipinski definition) is 0. The Hall–Kier alpha value is -3.58. The minimum absolute atomic E-state index is 0.0636. The Balaban J connectivity index is 1.70. The molecule has 0 bridgehead atoms. The lowest BCUT2D eigenvalue weighted by atomic mass is 9.95. The maximum absolute atomic E-state index is 12.8. The van der Waals surface area contributed by atoms with Gasteiger partial charge in [0.2, 0.25) is 0 Å². The number of hydrogen-bond acceptors (Lipinski definition) is 7. The fraction of sp³-hybridized carbons (Fsp3) is 0.481. The zero-order chi connectivity index (χ0) is 26.7. The van der Waals surface area contributed by atoms with Crippen LogP contribution in [0.2, 0.25) is 0 Å². The van der Waals surface area contributed by atoms with E-state index in [4.69, 9.17) is 0 Å². The second-order valence-corrected chi connectivity index (χ2v) is 9.30. The van der Waals surface area contributed by atoms with Crippen LogP contribution in [0.15, 0.2) is 41.2 Å². The molecule has 2 aromatic heterocycles. The first kappa shape index (κ1) is 26.5. The van der Waals surface area contributed by atoms with Crippen LogP contribution in [-0.2, 0) is 7.05 Å². The molecular weight excluding hydrogens is 478 g/mol. The van der Waals surface area contributed by atoms with Gasteiger partial charge in [-0.05, 0) is 49.1 Å². The van der Waals surface area contributed by atoms with E-state index in [1.165, 1.54) is 4.57 Å². The van der Waals surface area contributed by atoms with Crippen molar-refractivity contribution in [2.75, 3.05) is 18.0 Å². The van der Waals surface area contributed by atoms with Gasteiger partial charge in [-0.15, -0.1) is 0 Å². The molecule has 0 aliphatic carbocycles. The average molecular weight is 511 g/mol. The van der Waals surface area contributed by atoms with Crippen LogP contribution in [0.1, 0.15) is 57.3 Å². The predicted octanol–water partition coefficient (Wildman–Crippen LogP) is 4.63. The highest BCUT2D eigenvalue weighted by molar-refractivity contribution is 5.86. The maximum Gasteiger partial charge on any atom is 0.387 e. The van der Waals surface area contributed by atoms with Crippen molar-refractivity contribution in [1.29, 1.82) is 5.26 Å². The predicted molar refractivity (Wildman–Crippen MR) is 138 cm³/mol. The quantitative estimate of drug-likeness (QED) is 0.437. The summed E-state index contributed by atoms with van der Waals surface area (Å²) in [5, 5.41) is 9.42. The molecule has 1 saturated heterocycles. The molecule has 1 fully saturated rings. The first-order chi connectivity index (χ1) is 17.8. The third-order valence-corrected chi connectivity index (χ3v) is 7.28. The SMILES string of the molecule is CCC(c1ccc(OC(F)F)cc1)N1C[C@H](CC)N(c2nc(=O)n(C)c3ccc(C#N)nc23)C[C@H]1CC. The van der Waals surface area contributed by atoms with Crippen LogP contribution in [0, 0.1) is 11.3 Å². The summed E-state index contributed by atoms with van der Waals surface area (Å²) < 4.78 is 31.2. The number of pyridine rings is 1. The normalized spacial score (nSPS) is 19.2. The van der Waals surface area contributed by atoms with E-state index in [0.29, 0.717) is 23.4 Å². The number of piperazine rings is 1. The monoisotopic (exact) mass is 510 g/mol. The molecule has 0 radical (unpaired) electrons. The van der Waals surface area contributed by atoms with Crippen molar-refractivity contribution in [3.8, 4) is 11.8 Å². The third-order valence-electron chi connectivity index (χ3n) is 7.28. The number of aryl methyl sites for hydroxylation is 1. The number of benzene rings is 1. The van der Waals surface area contributed by atoms with Crippen LogP contribution < -0.4 is 15.3 Å². The number of nitrogens with zero attached hydrogens (tertiary/aromatic N) is 6. The van der Waals surface area contributed by atoms with Crippen molar-refractivity contribution in [3.05, 3.63) is 58.1 Å². The van der Waals surface area contributed by atoms with Crippen LogP contribution in [0.4, 0.5) is 14.6 Å². The number of alkyl halides is 2. The van der Waals surface area contributed by atoms with Gasteiger partial charge in [-0.2, -0.15) is 19.0 Å². The van der Waals surface area contributed by atoms with E-state index >= 15 is 0 Å². The van der Waals surface area contributed by atoms with Crippen molar-refractivity contribution in [2.45, 2.75) is 64.8 Å². The van der Waals surface area contributed by atoms with Gasteiger partial charge in [-0.1, -0.05) is 32.9 Å². The number of anilines is 1. The van der Waals surface area contributed by atoms with Crippen LogP contribution in [0.25, 0.3) is 11.0 Å². The molecule has 1 aromatic carbocycles. The summed E-state index contributed by atoms with van der Waals surface area (Å²) in [6.45, 7) is 4.89. The van der Waals surface area contributed by atoms with Gasteiger partial charge >= 0.3 is 12.3 Å². The zero-order valence-corrected chi connectivity index (χ0v) is 21.6. The summed E-state index contributed by atoms with van der Waals surface area (Å²) in [7, 11) is 1.66. The summed E-state index contributed by atoms with van der Waals surface area (Å²) >= 11 is 0. The summed E-state index contributed by atoms with van der Waals surface area (Å²) in [6.07, 6.45) is 2.54. The smallest absolute Gasteiger partial charge is 0.387 e. The molecule has 1 aliphatic rings. The highest BCUT2D eigenvalue weighted by atomic mass is 19.3. The number of rotatable bonds is 8. The Morgan fingerprint density at radius 1 is 1.05 bits per heavy atom. The van der Waals surface area contributed by atoms with E-state index in [0.717, 1.165) is 31.4 Å². The second-order valence-electron chi connectivity index (χ2n) is 9.30. The molecule has 8 nitrogen and oxygen atoms in total. The fourth-order valence-corrected chi connectivity index (χ4v) is 5.33. The molecule has 37 heavy (non-hydrogen) atoms. The number of nitriles is 1. The largest absolute Gasteiger partial charge is 0.435 e. The van der Waals surface area contributed by atoms with Crippen molar-refractivity contribution in [1.82, 2.24) is 19.4 Å². The zero-order valence-electron chi connectivity index (χ0n) is 21.6. The van der Waals surface area contributed by atoms with Gasteiger partial charge in [-0.3, -0.25) is 9.47 Å². The first-order valence-electron chi connectivity index (χ1n) is 12.7. The van der Waals surface area contributed by atoms with E-state index in [1.807, 2.05) is 12.1 Å². The van der Waals surface area contributed by atoms with Gasteiger partial charge in [0.05, 0.1) is 5.52 Å². The average Bonchev–Trinajstić information content (AvgIpc) is 2.91. The highest BCUT2D eigenvalue weighted by Gasteiger charge is 2.37. The minimum Gasteiger partial charge on any atom is -0.435 e. The van der Waals surface area contributed by atoms with E-state index in [9.17, 15) is 18.8 Å². The molecule has 0 saturated carbocycles. The molecule has 1 unspecified atom stereocenters.